The number of benzene rings is 9. The third-order valence-corrected chi connectivity index (χ3v) is 12.7. The molecular weight excluding hydrogens is 683 g/mol. The van der Waals surface area contributed by atoms with E-state index >= 15 is 0 Å². The summed E-state index contributed by atoms with van der Waals surface area (Å²) < 4.78 is 2.60. The zero-order valence-corrected chi connectivity index (χ0v) is 30.9. The number of hydrogen-bond acceptors (Lipinski definition) is 2. The molecule has 0 saturated heterocycles. The predicted molar refractivity (Wildman–Crippen MR) is 234 cm³/mol. The Balaban J connectivity index is 1.14. The van der Waals surface area contributed by atoms with E-state index in [0.717, 1.165) is 11.4 Å². The van der Waals surface area contributed by atoms with Crippen molar-refractivity contribution in [2.45, 2.75) is 5.41 Å². The van der Waals surface area contributed by atoms with Crippen LogP contribution in [0.1, 0.15) is 22.3 Å². The van der Waals surface area contributed by atoms with Crippen molar-refractivity contribution in [1.82, 2.24) is 0 Å². The Kier molecular flexibility index (Phi) is 7.33. The van der Waals surface area contributed by atoms with Gasteiger partial charge in [-0.1, -0.05) is 176 Å². The molecule has 0 radical (unpaired) electrons. The summed E-state index contributed by atoms with van der Waals surface area (Å²) in [5, 5.41) is 5.15. The maximum Gasteiger partial charge on any atom is 0.0713 e. The lowest BCUT2D eigenvalue weighted by Crippen LogP contribution is -2.28. The smallest absolute Gasteiger partial charge is 0.0713 e. The summed E-state index contributed by atoms with van der Waals surface area (Å²) in [5.74, 6) is 0. The van der Waals surface area contributed by atoms with Crippen LogP contribution in [0.25, 0.3) is 53.2 Å². The van der Waals surface area contributed by atoms with Crippen LogP contribution in [-0.2, 0) is 5.41 Å². The van der Waals surface area contributed by atoms with Gasteiger partial charge >= 0.3 is 0 Å². The van der Waals surface area contributed by atoms with Gasteiger partial charge in [-0.3, -0.25) is 0 Å². The monoisotopic (exact) mass is 717 g/mol. The van der Waals surface area contributed by atoms with Gasteiger partial charge in [0.15, 0.2) is 0 Å². The third kappa shape index (κ3) is 4.85. The molecule has 1 nitrogen and oxygen atoms in total. The largest absolute Gasteiger partial charge is 0.310 e. The second-order valence-electron chi connectivity index (χ2n) is 14.4. The normalized spacial score (nSPS) is 12.9. The van der Waals surface area contributed by atoms with Gasteiger partial charge < -0.3 is 4.90 Å². The number of hydrogen-bond donors (Lipinski definition) is 0. The van der Waals surface area contributed by atoms with E-state index < -0.39 is 5.41 Å². The summed E-state index contributed by atoms with van der Waals surface area (Å²) in [6.45, 7) is 0. The van der Waals surface area contributed by atoms with Gasteiger partial charge in [0.1, 0.15) is 0 Å². The first-order valence-corrected chi connectivity index (χ1v) is 19.7. The fourth-order valence-corrected chi connectivity index (χ4v) is 10.3. The zero-order valence-electron chi connectivity index (χ0n) is 30.1. The predicted octanol–water partition coefficient (Wildman–Crippen LogP) is 14.7. The Morgan fingerprint density at radius 1 is 0.364 bits per heavy atom. The highest BCUT2D eigenvalue weighted by atomic mass is 32.1. The Morgan fingerprint density at radius 2 is 0.855 bits per heavy atom. The fourth-order valence-electron chi connectivity index (χ4n) is 9.19. The molecule has 55 heavy (non-hydrogen) atoms. The zero-order chi connectivity index (χ0) is 36.3. The molecule has 0 amide bonds. The summed E-state index contributed by atoms with van der Waals surface area (Å²) >= 11 is 1.87. The van der Waals surface area contributed by atoms with Crippen LogP contribution in [0, 0.1) is 0 Å². The van der Waals surface area contributed by atoms with Crippen LogP contribution in [-0.4, -0.2) is 0 Å². The van der Waals surface area contributed by atoms with Crippen LogP contribution >= 0.6 is 11.3 Å². The van der Waals surface area contributed by atoms with Gasteiger partial charge in [-0.05, 0) is 86.3 Å². The van der Waals surface area contributed by atoms with E-state index in [-0.39, 0.29) is 0 Å². The average Bonchev–Trinajstić information content (AvgIpc) is 3.79. The fraction of sp³-hybridized carbons (Fsp3) is 0.0189. The minimum atomic E-state index is -0.447. The summed E-state index contributed by atoms with van der Waals surface area (Å²) in [4.78, 5) is 2.45. The van der Waals surface area contributed by atoms with Crippen molar-refractivity contribution in [3.63, 3.8) is 0 Å². The first kappa shape index (κ1) is 31.8. The summed E-state index contributed by atoms with van der Waals surface area (Å²) in [6.07, 6.45) is 0. The lowest BCUT2D eigenvalue weighted by molar-refractivity contribution is 0.768. The second kappa shape index (κ2) is 12.7. The minimum Gasteiger partial charge on any atom is -0.310 e. The van der Waals surface area contributed by atoms with E-state index in [0.29, 0.717) is 0 Å². The number of rotatable bonds is 6. The molecule has 10 aromatic rings. The highest BCUT2D eigenvalue weighted by Gasteiger charge is 2.45. The molecule has 0 saturated carbocycles. The van der Waals surface area contributed by atoms with Crippen LogP contribution in [0.3, 0.4) is 0 Å². The molecular formula is C53H35NS. The van der Waals surface area contributed by atoms with Crippen molar-refractivity contribution < 1.29 is 0 Å². The van der Waals surface area contributed by atoms with Gasteiger partial charge in [0.05, 0.1) is 11.1 Å². The van der Waals surface area contributed by atoms with Crippen molar-refractivity contribution >= 4 is 59.3 Å². The van der Waals surface area contributed by atoms with E-state index in [1.165, 1.54) is 81.1 Å². The van der Waals surface area contributed by atoms with E-state index in [1.807, 2.05) is 11.3 Å². The maximum atomic E-state index is 2.45. The van der Waals surface area contributed by atoms with E-state index in [4.69, 9.17) is 0 Å². The van der Waals surface area contributed by atoms with Gasteiger partial charge in [-0.25, -0.2) is 0 Å². The van der Waals surface area contributed by atoms with Gasteiger partial charge in [-0.2, -0.15) is 0 Å². The van der Waals surface area contributed by atoms with Gasteiger partial charge in [0, 0.05) is 36.9 Å². The Bertz CT molecular complexity index is 2970. The van der Waals surface area contributed by atoms with E-state index in [1.54, 1.807) is 0 Å². The molecule has 9 aromatic carbocycles. The molecule has 0 atom stereocenters. The van der Waals surface area contributed by atoms with Gasteiger partial charge in [0.2, 0.25) is 0 Å². The molecule has 1 heterocycles. The van der Waals surface area contributed by atoms with Crippen molar-refractivity contribution in [3.05, 3.63) is 235 Å². The van der Waals surface area contributed by atoms with Crippen LogP contribution in [0.4, 0.5) is 17.1 Å². The highest BCUT2D eigenvalue weighted by Crippen LogP contribution is 2.56. The topological polar surface area (TPSA) is 3.24 Å². The molecule has 0 spiro atoms. The Labute approximate surface area is 325 Å². The molecule has 0 unspecified atom stereocenters. The molecule has 1 aliphatic rings. The quantitative estimate of drug-likeness (QED) is 0.166. The van der Waals surface area contributed by atoms with Crippen LogP contribution in [0.2, 0.25) is 0 Å². The number of fused-ring (bicyclic) bond motifs is 8. The lowest BCUT2D eigenvalue weighted by atomic mass is 9.68. The number of anilines is 3. The summed E-state index contributed by atoms with van der Waals surface area (Å²) in [6, 6.07) is 78.2. The highest BCUT2D eigenvalue weighted by molar-refractivity contribution is 7.26. The van der Waals surface area contributed by atoms with Gasteiger partial charge in [-0.15, -0.1) is 11.3 Å². The van der Waals surface area contributed by atoms with Crippen molar-refractivity contribution in [1.29, 1.82) is 0 Å². The molecule has 11 rings (SSSR count). The molecule has 0 aliphatic heterocycles. The molecule has 0 fully saturated rings. The Morgan fingerprint density at radius 3 is 1.53 bits per heavy atom. The van der Waals surface area contributed by atoms with Crippen molar-refractivity contribution in [2.75, 3.05) is 4.90 Å². The first-order valence-electron chi connectivity index (χ1n) is 18.9. The van der Waals surface area contributed by atoms with Crippen molar-refractivity contribution in [2.24, 2.45) is 0 Å². The van der Waals surface area contributed by atoms with Crippen LogP contribution in [0.5, 0.6) is 0 Å². The van der Waals surface area contributed by atoms with E-state index in [9.17, 15) is 0 Å². The first-order chi connectivity index (χ1) is 27.3. The lowest BCUT2D eigenvalue weighted by Gasteiger charge is -2.34. The summed E-state index contributed by atoms with van der Waals surface area (Å²) in [7, 11) is 0. The minimum absolute atomic E-state index is 0.447. The standard InChI is InChI=1S/C53H35NS/c1-3-15-36(16-4-1)37-27-31-40(32-28-37)54(49-35-51-52(45-22-8-7-21-44(45)49)46-23-11-14-26-50(46)55-51)41-33-29-39(30-34-41)53(38-17-5-2-6-18-38)47-24-12-9-19-42(47)43-20-10-13-25-48(43)53/h1-35H. The second-order valence-corrected chi connectivity index (χ2v) is 15.5. The molecule has 0 N–H and O–H groups in total. The van der Waals surface area contributed by atoms with Gasteiger partial charge in [0.25, 0.3) is 0 Å². The Hall–Kier alpha value is -6.74. The molecule has 1 aromatic heterocycles. The third-order valence-electron chi connectivity index (χ3n) is 11.6. The molecule has 1 aliphatic carbocycles. The molecule has 258 valence electrons. The number of thiophene rings is 1. The average molecular weight is 718 g/mol. The SMILES string of the molecule is c1ccc(-c2ccc(N(c3ccc(C4(c5ccccc5)c5ccccc5-c5ccccc54)cc3)c3cc4sc5ccccc5c4c4ccccc34)cc2)cc1. The number of nitrogens with zero attached hydrogens (tertiary/aromatic N) is 1. The van der Waals surface area contributed by atoms with E-state index in [2.05, 4.69) is 217 Å². The van der Waals surface area contributed by atoms with Crippen LogP contribution < -0.4 is 4.90 Å². The molecule has 2 heteroatoms. The molecule has 0 bridgehead atoms. The van der Waals surface area contributed by atoms with Crippen molar-refractivity contribution in [3.8, 4) is 22.3 Å². The van der Waals surface area contributed by atoms with Crippen LogP contribution in [0.15, 0.2) is 212 Å². The summed E-state index contributed by atoms with van der Waals surface area (Å²) in [5.41, 5.74) is 13.1. The maximum absolute atomic E-state index is 2.45.